The molecule has 6 aromatic carbocycles. The highest BCUT2D eigenvalue weighted by molar-refractivity contribution is 7.18. The summed E-state index contributed by atoms with van der Waals surface area (Å²) in [6.45, 7) is 0. The van der Waals surface area contributed by atoms with Gasteiger partial charge in [-0.15, -0.1) is 11.3 Å². The smallest absolute Gasteiger partial charge is 0.0972 e. The van der Waals surface area contributed by atoms with Crippen LogP contribution in [0.5, 0.6) is 0 Å². The minimum Gasteiger partial charge on any atom is -0.254 e. The molecule has 0 spiro atoms. The Hall–Kier alpha value is -5.64. The Labute approximate surface area is 283 Å². The van der Waals surface area contributed by atoms with Gasteiger partial charge in [0.2, 0.25) is 0 Å². The second-order valence-electron chi connectivity index (χ2n) is 10.4. The van der Waals surface area contributed by atoms with Crippen molar-refractivity contribution in [3.8, 4) is 43.3 Å². The summed E-state index contributed by atoms with van der Waals surface area (Å²) in [6, 6.07) is 15.8. The van der Waals surface area contributed by atoms with Crippen LogP contribution < -0.4 is 0 Å². The Morgan fingerprint density at radius 3 is 2.07 bits per heavy atom. The van der Waals surface area contributed by atoms with E-state index >= 15 is 0 Å². The molecule has 45 heavy (non-hydrogen) atoms. The molecular weight excluding hydrogens is 565 g/mol. The van der Waals surface area contributed by atoms with Gasteiger partial charge in [0.05, 0.1) is 34.5 Å². The summed E-state index contributed by atoms with van der Waals surface area (Å²) in [6.07, 6.45) is 1.73. The SMILES string of the molecule is [2H]c1c(-c2c([2H])c([2H])c(-c3ccc(-c4ccc5ccc6cccnc6c5n4)c4ccccc34)c([2H])c2[2H])sc(-c2c([2H])c([2H])c([2H])c3c([2H])c([2H])c([2H])c([2H])c23)c1[2H]. The number of fused-ring (bicyclic) bond motifs is 5. The number of nitrogens with zero attached hydrogens (tertiary/aromatic N) is 2. The zero-order valence-electron chi connectivity index (χ0n) is 36.3. The summed E-state index contributed by atoms with van der Waals surface area (Å²) < 4.78 is 114. The lowest BCUT2D eigenvalue weighted by molar-refractivity contribution is 1.37. The van der Waals surface area contributed by atoms with E-state index in [4.69, 9.17) is 17.3 Å². The number of benzene rings is 6. The molecule has 3 heterocycles. The fraction of sp³-hybridized carbons (Fsp3) is 0. The summed E-state index contributed by atoms with van der Waals surface area (Å²) in [7, 11) is 0. The normalized spacial score (nSPS) is 15.6. The number of pyridine rings is 2. The molecule has 0 bridgehead atoms. The number of rotatable bonds is 4. The maximum Gasteiger partial charge on any atom is 0.0972 e. The molecule has 210 valence electrons. The molecule has 0 aliphatic rings. The average molecular weight is 604 g/mol. The maximum atomic E-state index is 9.23. The van der Waals surface area contributed by atoms with Crippen LogP contribution >= 0.6 is 11.3 Å². The molecule has 0 aliphatic heterocycles. The first-order valence-corrected chi connectivity index (χ1v) is 14.9. The quantitative estimate of drug-likeness (QED) is 0.187. The predicted molar refractivity (Wildman–Crippen MR) is 192 cm³/mol. The Morgan fingerprint density at radius 1 is 0.467 bits per heavy atom. The van der Waals surface area contributed by atoms with Gasteiger partial charge >= 0.3 is 0 Å². The van der Waals surface area contributed by atoms with Crippen molar-refractivity contribution < 1.29 is 17.8 Å². The number of hydrogen-bond donors (Lipinski definition) is 0. The first-order valence-electron chi connectivity index (χ1n) is 20.6. The molecule has 0 amide bonds. The van der Waals surface area contributed by atoms with Crippen LogP contribution in [0.1, 0.15) is 17.8 Å². The third-order valence-corrected chi connectivity index (χ3v) is 8.81. The lowest BCUT2D eigenvalue weighted by Gasteiger charge is -2.13. The van der Waals surface area contributed by atoms with E-state index in [9.17, 15) is 5.48 Å². The van der Waals surface area contributed by atoms with E-state index in [2.05, 4.69) is 4.98 Å². The van der Waals surface area contributed by atoms with Crippen molar-refractivity contribution in [2.45, 2.75) is 0 Å². The van der Waals surface area contributed by atoms with E-state index in [-0.39, 0.29) is 49.3 Å². The topological polar surface area (TPSA) is 25.8 Å². The van der Waals surface area contributed by atoms with Crippen molar-refractivity contribution in [1.82, 2.24) is 9.97 Å². The van der Waals surface area contributed by atoms with E-state index in [0.29, 0.717) is 28.0 Å². The van der Waals surface area contributed by atoms with Gasteiger partial charge in [-0.25, -0.2) is 4.98 Å². The molecule has 0 aliphatic carbocycles. The van der Waals surface area contributed by atoms with Crippen molar-refractivity contribution in [2.24, 2.45) is 0 Å². The number of thiophene rings is 1. The molecule has 3 heteroatoms. The Balaban J connectivity index is 1.22. The van der Waals surface area contributed by atoms with Crippen LogP contribution in [0.4, 0.5) is 0 Å². The molecule has 3 aromatic heterocycles. The van der Waals surface area contributed by atoms with Gasteiger partial charge in [-0.05, 0) is 68.0 Å². The van der Waals surface area contributed by atoms with Gasteiger partial charge in [0.15, 0.2) is 0 Å². The zero-order valence-corrected chi connectivity index (χ0v) is 24.1. The summed E-state index contributed by atoms with van der Waals surface area (Å²) in [5.74, 6) is 0. The number of aromatic nitrogens is 2. The zero-order chi connectivity index (χ0) is 41.1. The van der Waals surface area contributed by atoms with Crippen LogP contribution in [0.2, 0.25) is 0 Å². The predicted octanol–water partition coefficient (Wildman–Crippen LogP) is 11.8. The summed E-state index contributed by atoms with van der Waals surface area (Å²) in [5, 5.41) is 2.74. The van der Waals surface area contributed by atoms with Crippen LogP contribution in [0, 0.1) is 0 Å². The van der Waals surface area contributed by atoms with Crippen molar-refractivity contribution in [3.05, 3.63) is 158 Å². The maximum absolute atomic E-state index is 9.23. The van der Waals surface area contributed by atoms with Crippen LogP contribution in [-0.4, -0.2) is 9.97 Å². The van der Waals surface area contributed by atoms with Gasteiger partial charge in [-0.1, -0.05) is 127 Å². The Bertz CT molecular complexity index is 3250. The first kappa shape index (κ1) is 15.9. The highest BCUT2D eigenvalue weighted by Crippen LogP contribution is 2.40. The third kappa shape index (κ3) is 4.40. The van der Waals surface area contributed by atoms with E-state index in [1.165, 1.54) is 0 Å². The second kappa shape index (κ2) is 10.5. The molecular formula is C42H26N2S. The molecule has 0 unspecified atom stereocenters. The van der Waals surface area contributed by atoms with Gasteiger partial charge in [0, 0.05) is 32.3 Å². The van der Waals surface area contributed by atoms with E-state index < -0.39 is 66.5 Å². The Kier molecular flexibility index (Phi) is 3.71. The van der Waals surface area contributed by atoms with Crippen LogP contribution in [0.15, 0.2) is 158 Å². The van der Waals surface area contributed by atoms with E-state index in [1.54, 1.807) is 12.3 Å². The van der Waals surface area contributed by atoms with Crippen molar-refractivity contribution in [1.29, 1.82) is 0 Å². The van der Waals surface area contributed by atoms with E-state index in [1.807, 2.05) is 66.7 Å². The van der Waals surface area contributed by atoms with Gasteiger partial charge in [-0.2, -0.15) is 0 Å². The Morgan fingerprint density at radius 2 is 1.18 bits per heavy atom. The molecule has 9 aromatic rings. The second-order valence-corrected chi connectivity index (χ2v) is 11.4. The highest BCUT2D eigenvalue weighted by atomic mass is 32.1. The molecule has 0 atom stereocenters. The van der Waals surface area contributed by atoms with Gasteiger partial charge < -0.3 is 0 Å². The van der Waals surface area contributed by atoms with Crippen molar-refractivity contribution in [3.63, 3.8) is 0 Å². The van der Waals surface area contributed by atoms with Gasteiger partial charge in [-0.3, -0.25) is 4.98 Å². The molecule has 0 fully saturated rings. The molecule has 0 radical (unpaired) electrons. The summed E-state index contributed by atoms with van der Waals surface area (Å²) >= 11 is 0.701. The van der Waals surface area contributed by atoms with E-state index in [0.717, 1.165) is 32.8 Å². The van der Waals surface area contributed by atoms with Crippen LogP contribution in [-0.2, 0) is 0 Å². The minimum absolute atomic E-state index is 0.0258. The third-order valence-electron chi connectivity index (χ3n) is 7.79. The lowest BCUT2D eigenvalue weighted by Crippen LogP contribution is -1.91. The molecule has 0 saturated heterocycles. The fourth-order valence-electron chi connectivity index (χ4n) is 5.65. The molecule has 0 saturated carbocycles. The molecule has 9 rings (SSSR count). The van der Waals surface area contributed by atoms with Gasteiger partial charge in [0.1, 0.15) is 0 Å². The average Bonchev–Trinajstić information content (AvgIpc) is 3.52. The monoisotopic (exact) mass is 603 g/mol. The summed E-state index contributed by atoms with van der Waals surface area (Å²) in [4.78, 5) is 9.34. The van der Waals surface area contributed by atoms with Crippen molar-refractivity contribution >= 4 is 54.7 Å². The van der Waals surface area contributed by atoms with Crippen LogP contribution in [0.25, 0.3) is 86.6 Å². The fourth-order valence-corrected chi connectivity index (χ4v) is 6.52. The molecule has 2 nitrogen and oxygen atoms in total. The van der Waals surface area contributed by atoms with Crippen molar-refractivity contribution in [2.75, 3.05) is 0 Å². The molecule has 0 N–H and O–H groups in total. The summed E-state index contributed by atoms with van der Waals surface area (Å²) in [5.41, 5.74) is 2.94. The largest absolute Gasteiger partial charge is 0.254 e. The standard InChI is InChI=1S/C42H26N2S/c1-2-10-32-27(7-1)8-5-13-37(32)40-25-24-39(45-40)29-16-14-28(15-17-29)33-21-22-36(35-12-4-3-11-34(33)35)38-23-20-31-19-18-30-9-6-26-43-41(30)42(31)44-38/h1-26H/i1D,2D,5D,7D,8D,10D,13D,14D,15D,16D,17D,24D,25D. The minimum atomic E-state index is -0.639. The van der Waals surface area contributed by atoms with Crippen LogP contribution in [0.3, 0.4) is 0 Å². The lowest BCUT2D eigenvalue weighted by atomic mass is 9.93. The number of hydrogen-bond acceptors (Lipinski definition) is 3. The highest BCUT2D eigenvalue weighted by Gasteiger charge is 2.13. The van der Waals surface area contributed by atoms with Gasteiger partial charge in [0.25, 0.3) is 0 Å². The first-order chi connectivity index (χ1) is 27.7.